The summed E-state index contributed by atoms with van der Waals surface area (Å²) >= 11 is 0. The van der Waals surface area contributed by atoms with E-state index in [-0.39, 0.29) is 24.0 Å². The van der Waals surface area contributed by atoms with Crippen molar-refractivity contribution in [2.45, 2.75) is 156 Å². The van der Waals surface area contributed by atoms with Crippen molar-refractivity contribution in [1.29, 1.82) is 0 Å². The number of alkyl halides is 2. The van der Waals surface area contributed by atoms with Gasteiger partial charge in [-0.2, -0.15) is 0 Å². The quantitative estimate of drug-likeness (QED) is 0.101. The number of carbonyl (C=O) groups excluding carboxylic acids is 6. The molecule has 0 aliphatic rings. The number of methoxy groups -OCH3 is 6. The highest BCUT2D eigenvalue weighted by atomic mass is 19.1. The van der Waals surface area contributed by atoms with Gasteiger partial charge in [-0.3, -0.25) is 9.59 Å². The van der Waals surface area contributed by atoms with E-state index in [1.807, 2.05) is 0 Å². The second-order valence-electron chi connectivity index (χ2n) is 19.3. The lowest BCUT2D eigenvalue weighted by Gasteiger charge is -2.26. The van der Waals surface area contributed by atoms with Crippen LogP contribution in [0.15, 0.2) is 24.3 Å². The second kappa shape index (κ2) is 29.7. The molecule has 0 bridgehead atoms. The number of halogens is 2. The van der Waals surface area contributed by atoms with Crippen molar-refractivity contribution in [2.24, 2.45) is 0 Å². The van der Waals surface area contributed by atoms with Crippen LogP contribution in [0.4, 0.5) is 18.4 Å². The Kier molecular flexibility index (Phi) is 27.9. The number of rotatable bonds is 20. The molecule has 0 heterocycles. The Hall–Kier alpha value is -6.56. The molecule has 72 heavy (non-hydrogen) atoms. The van der Waals surface area contributed by atoms with Crippen LogP contribution in [0.2, 0.25) is 0 Å². The van der Waals surface area contributed by atoms with E-state index in [4.69, 9.17) is 47.4 Å². The predicted octanol–water partition coefficient (Wildman–Crippen LogP) is 4.93. The largest absolute Gasteiger partial charge is 0.496 e. The first-order valence-corrected chi connectivity index (χ1v) is 22.1. The number of esters is 2. The van der Waals surface area contributed by atoms with Crippen LogP contribution in [0.5, 0.6) is 34.5 Å². The summed E-state index contributed by atoms with van der Waals surface area (Å²) < 4.78 is 82.3. The molecule has 24 heteroatoms. The van der Waals surface area contributed by atoms with Crippen molar-refractivity contribution in [3.05, 3.63) is 35.4 Å². The zero-order chi connectivity index (χ0) is 53.9. The average Bonchev–Trinajstić information content (AvgIpc) is 3.23. The van der Waals surface area contributed by atoms with Gasteiger partial charge in [0.25, 0.3) is 11.8 Å². The molecule has 0 unspecified atom stereocenters. The monoisotopic (exact) mass is 1040 g/mol. The summed E-state index contributed by atoms with van der Waals surface area (Å²) in [5.41, 5.74) is -2.53. The molecule has 0 spiro atoms. The number of amides is 4. The van der Waals surface area contributed by atoms with Crippen LogP contribution in [0.1, 0.15) is 107 Å². The van der Waals surface area contributed by atoms with Crippen LogP contribution < -0.4 is 49.7 Å². The number of alkyl carbamates (subject to hydrolysis) is 2. The Morgan fingerprint density at radius 3 is 0.903 bits per heavy atom. The topological polar surface area (TPSA) is 306 Å². The molecule has 2 aromatic carbocycles. The van der Waals surface area contributed by atoms with Crippen LogP contribution in [-0.4, -0.2) is 136 Å². The molecule has 0 radical (unpaired) electrons. The van der Waals surface area contributed by atoms with E-state index >= 15 is 0 Å². The maximum absolute atomic E-state index is 14.9. The summed E-state index contributed by atoms with van der Waals surface area (Å²) in [6.45, 7) is 19.4. The van der Waals surface area contributed by atoms with Gasteiger partial charge in [0.2, 0.25) is 0 Å². The third-order valence-electron chi connectivity index (χ3n) is 8.73. The van der Waals surface area contributed by atoms with Crippen LogP contribution in [0.25, 0.3) is 0 Å². The molecule has 0 aliphatic heterocycles. The first-order valence-electron chi connectivity index (χ1n) is 22.1. The SMILES string of the molecule is COc1cc(OC)c(CNC(=O)[C@H](F)C[C@H](NC(=O)OC(C)(C)C)C(=O)OC(C)(C)C)c(OC)c1.COc1cc(OC)c(CNC(=O)[C@H](F)C[C@H](NC(=O)OC(C)(C)C)C(=O)OC(C)(C)C)c(OC)c1.O.O. The van der Waals surface area contributed by atoms with Crippen molar-refractivity contribution in [1.82, 2.24) is 21.3 Å². The van der Waals surface area contributed by atoms with Crippen molar-refractivity contribution < 1.29 is 95.9 Å². The van der Waals surface area contributed by atoms with E-state index in [2.05, 4.69) is 21.3 Å². The zero-order valence-corrected chi connectivity index (χ0v) is 44.7. The van der Waals surface area contributed by atoms with Gasteiger partial charge in [-0.15, -0.1) is 0 Å². The fourth-order valence-electron chi connectivity index (χ4n) is 5.78. The Morgan fingerprint density at radius 1 is 0.444 bits per heavy atom. The predicted molar refractivity (Wildman–Crippen MR) is 260 cm³/mol. The molecule has 8 N–H and O–H groups in total. The van der Waals surface area contributed by atoms with Crippen molar-refractivity contribution >= 4 is 35.9 Å². The van der Waals surface area contributed by atoms with Gasteiger partial charge in [-0.05, 0) is 83.1 Å². The van der Waals surface area contributed by atoms with Crippen molar-refractivity contribution in [3.8, 4) is 34.5 Å². The normalized spacial score (nSPS) is 12.8. The van der Waals surface area contributed by atoms with Gasteiger partial charge in [0, 0.05) is 37.1 Å². The first-order chi connectivity index (χ1) is 32.2. The minimum absolute atomic E-state index is 0. The lowest BCUT2D eigenvalue weighted by atomic mass is 10.1. The Bertz CT molecular complexity index is 1880. The number of carbonyl (C=O) groups is 6. The minimum atomic E-state index is -2.14. The van der Waals surface area contributed by atoms with Crippen LogP contribution >= 0.6 is 0 Å². The van der Waals surface area contributed by atoms with E-state index in [0.717, 1.165) is 0 Å². The summed E-state index contributed by atoms with van der Waals surface area (Å²) in [5, 5.41) is 9.51. The lowest BCUT2D eigenvalue weighted by Crippen LogP contribution is -2.48. The highest BCUT2D eigenvalue weighted by Gasteiger charge is 2.35. The minimum Gasteiger partial charge on any atom is -0.496 e. The van der Waals surface area contributed by atoms with Gasteiger partial charge >= 0.3 is 24.1 Å². The molecule has 0 fully saturated rings. The van der Waals surface area contributed by atoms with Crippen LogP contribution in [0.3, 0.4) is 0 Å². The Morgan fingerprint density at radius 2 is 0.694 bits per heavy atom. The molecule has 0 aromatic heterocycles. The highest BCUT2D eigenvalue weighted by Crippen LogP contribution is 2.35. The Balaban J connectivity index is 0. The first kappa shape index (κ1) is 67.5. The maximum Gasteiger partial charge on any atom is 0.408 e. The average molecular weight is 1040 g/mol. The van der Waals surface area contributed by atoms with E-state index in [9.17, 15) is 37.5 Å². The van der Waals surface area contributed by atoms with Gasteiger partial charge in [0.1, 0.15) is 69.0 Å². The maximum atomic E-state index is 14.9. The van der Waals surface area contributed by atoms with Crippen molar-refractivity contribution in [3.63, 3.8) is 0 Å². The fraction of sp³-hybridized carbons (Fsp3) is 0.625. The fourth-order valence-corrected chi connectivity index (χ4v) is 5.78. The van der Waals surface area contributed by atoms with E-state index in [0.29, 0.717) is 45.6 Å². The summed E-state index contributed by atoms with van der Waals surface area (Å²) in [5.74, 6) is -1.34. The van der Waals surface area contributed by atoms with Gasteiger partial charge in [0.05, 0.1) is 66.9 Å². The molecule has 4 atom stereocenters. The number of ether oxygens (including phenoxy) is 10. The number of benzene rings is 2. The lowest BCUT2D eigenvalue weighted by molar-refractivity contribution is -0.159. The molecule has 0 saturated carbocycles. The second-order valence-corrected chi connectivity index (χ2v) is 19.3. The summed E-state index contributed by atoms with van der Waals surface area (Å²) in [7, 11) is 8.71. The van der Waals surface area contributed by atoms with Gasteiger partial charge in [-0.25, -0.2) is 28.0 Å². The molecule has 22 nitrogen and oxygen atoms in total. The Labute approximate surface area is 420 Å². The molecular formula is C48H78F2N4O18. The van der Waals surface area contributed by atoms with E-state index in [1.165, 1.54) is 42.7 Å². The third-order valence-corrected chi connectivity index (χ3v) is 8.73. The molecule has 0 saturated heterocycles. The van der Waals surface area contributed by atoms with Gasteiger partial charge < -0.3 is 79.6 Å². The van der Waals surface area contributed by atoms with Crippen LogP contribution in [-0.2, 0) is 51.2 Å². The number of hydrogen-bond acceptors (Lipinski definition) is 16. The molecule has 2 rings (SSSR count). The summed E-state index contributed by atoms with van der Waals surface area (Å²) in [6, 6.07) is 3.49. The highest BCUT2D eigenvalue weighted by molar-refractivity contribution is 5.86. The smallest absolute Gasteiger partial charge is 0.408 e. The standard InChI is InChI=1S/2C24H37FN2O8.2H2O/c2*1-23(2,3)34-21(29)17(27-22(30)35-24(4,5)6)12-16(25)20(28)26-13-15-18(32-8)10-14(31-7)11-19(15)33-9;;/h2*10-11,16-17H,12-13H2,1-9H3,(H,26,28)(H,27,30);2*1H2/t2*16-,17+;;/m11../s1. The van der Waals surface area contributed by atoms with Crippen molar-refractivity contribution in [2.75, 3.05) is 42.7 Å². The van der Waals surface area contributed by atoms with Gasteiger partial charge in [0.15, 0.2) is 12.3 Å². The van der Waals surface area contributed by atoms with Gasteiger partial charge in [-0.1, -0.05) is 0 Å². The van der Waals surface area contributed by atoms with Crippen LogP contribution in [0, 0.1) is 0 Å². The third kappa shape index (κ3) is 25.0. The molecule has 4 amide bonds. The van der Waals surface area contributed by atoms with E-state index in [1.54, 1.807) is 107 Å². The molecule has 2 aromatic rings. The number of hydrogen-bond donors (Lipinski definition) is 4. The number of nitrogens with one attached hydrogen (secondary N) is 4. The van der Waals surface area contributed by atoms with E-state index < -0.39 is 95.6 Å². The molecule has 412 valence electrons. The molecular weight excluding hydrogens is 959 g/mol. The molecule has 0 aliphatic carbocycles. The zero-order valence-electron chi connectivity index (χ0n) is 44.7. The summed E-state index contributed by atoms with van der Waals surface area (Å²) in [6.07, 6.45) is -7.47. The summed E-state index contributed by atoms with van der Waals surface area (Å²) in [4.78, 5) is 74.6.